The molecule has 2 unspecified atom stereocenters. The predicted molar refractivity (Wildman–Crippen MR) is 138 cm³/mol. The second kappa shape index (κ2) is 10.8. The maximum absolute atomic E-state index is 4.70. The summed E-state index contributed by atoms with van der Waals surface area (Å²) in [7, 11) is 0. The van der Waals surface area contributed by atoms with Gasteiger partial charge in [0.1, 0.15) is 0 Å². The summed E-state index contributed by atoms with van der Waals surface area (Å²) in [6, 6.07) is 0. The van der Waals surface area contributed by atoms with Crippen molar-refractivity contribution in [1.29, 1.82) is 0 Å². The number of aromatic nitrogens is 5. The molecular formula is C24H37N5S3. The largest absolute Gasteiger partial charge is 0.249 e. The molecule has 0 bridgehead atoms. The fraction of sp³-hybridized carbons (Fsp3) is 0.708. The van der Waals surface area contributed by atoms with Gasteiger partial charge in [0, 0.05) is 16.2 Å². The van der Waals surface area contributed by atoms with E-state index in [1.165, 1.54) is 44.4 Å². The second-order valence-electron chi connectivity index (χ2n) is 10.3. The molecule has 2 atom stereocenters. The van der Waals surface area contributed by atoms with Crippen molar-refractivity contribution in [3.8, 4) is 0 Å². The van der Waals surface area contributed by atoms with Crippen molar-refractivity contribution >= 4 is 34.6 Å². The number of hydrogen-bond acceptors (Lipinski definition) is 8. The Hall–Kier alpha value is -1.25. The Morgan fingerprint density at radius 3 is 2.19 bits per heavy atom. The molecule has 0 amide bonds. The van der Waals surface area contributed by atoms with E-state index in [0.29, 0.717) is 23.7 Å². The molecule has 0 aliphatic carbocycles. The highest BCUT2D eigenvalue weighted by molar-refractivity contribution is 7.09. The van der Waals surface area contributed by atoms with Gasteiger partial charge in [-0.1, -0.05) is 59.9 Å². The zero-order chi connectivity index (χ0) is 23.5. The number of hydrogen-bond donors (Lipinski definition) is 0. The van der Waals surface area contributed by atoms with Gasteiger partial charge in [0.2, 0.25) is 0 Å². The lowest BCUT2D eigenvalue weighted by atomic mass is 9.81. The minimum Gasteiger partial charge on any atom is -0.249 e. The Labute approximate surface area is 205 Å². The van der Waals surface area contributed by atoms with E-state index in [4.69, 9.17) is 4.37 Å². The molecule has 32 heavy (non-hydrogen) atoms. The van der Waals surface area contributed by atoms with Crippen molar-refractivity contribution in [2.45, 2.75) is 110 Å². The summed E-state index contributed by atoms with van der Waals surface area (Å²) in [6.45, 7) is 18.1. The normalized spacial score (nSPS) is 14.4. The van der Waals surface area contributed by atoms with Crippen molar-refractivity contribution in [3.63, 3.8) is 0 Å². The van der Waals surface area contributed by atoms with Crippen LogP contribution in [0.5, 0.6) is 0 Å². The third kappa shape index (κ3) is 5.81. The van der Waals surface area contributed by atoms with Crippen molar-refractivity contribution in [2.75, 3.05) is 0 Å². The molecule has 0 saturated heterocycles. The number of aryl methyl sites for hydroxylation is 1. The van der Waals surface area contributed by atoms with Crippen LogP contribution < -0.4 is 0 Å². The molecule has 0 aliphatic heterocycles. The molecule has 176 valence electrons. The van der Waals surface area contributed by atoms with Crippen molar-refractivity contribution in [3.05, 3.63) is 38.0 Å². The summed E-state index contributed by atoms with van der Waals surface area (Å²) in [5.41, 5.74) is 6.75. The summed E-state index contributed by atoms with van der Waals surface area (Å²) in [5.74, 6) is 1.88. The molecule has 3 aromatic rings. The average molecular weight is 492 g/mol. The summed E-state index contributed by atoms with van der Waals surface area (Å²) < 4.78 is 13.6. The average Bonchev–Trinajstić information content (AvgIpc) is 3.49. The molecule has 0 saturated carbocycles. The van der Waals surface area contributed by atoms with Gasteiger partial charge in [-0.25, -0.2) is 4.98 Å². The highest BCUT2D eigenvalue weighted by atomic mass is 32.1. The summed E-state index contributed by atoms with van der Waals surface area (Å²) in [6.07, 6.45) is 4.15. The highest BCUT2D eigenvalue weighted by Gasteiger charge is 2.29. The van der Waals surface area contributed by atoms with Crippen LogP contribution in [0.3, 0.4) is 0 Å². The number of nitrogens with zero attached hydrogens (tertiary/aromatic N) is 5. The van der Waals surface area contributed by atoms with Crippen LogP contribution in [0.15, 0.2) is 5.51 Å². The minimum absolute atomic E-state index is 0.0247. The Morgan fingerprint density at radius 1 is 0.875 bits per heavy atom. The smallest absolute Gasteiger partial charge is 0.0846 e. The van der Waals surface area contributed by atoms with Gasteiger partial charge in [-0.15, -0.1) is 16.4 Å². The maximum Gasteiger partial charge on any atom is 0.0846 e. The lowest BCUT2D eigenvalue weighted by Gasteiger charge is -2.24. The molecule has 0 spiro atoms. The van der Waals surface area contributed by atoms with Gasteiger partial charge in [-0.05, 0) is 55.0 Å². The molecule has 8 heteroatoms. The molecule has 0 radical (unpaired) electrons. The van der Waals surface area contributed by atoms with Gasteiger partial charge < -0.3 is 0 Å². The molecule has 0 fully saturated rings. The molecule has 0 aliphatic rings. The molecule has 3 aromatic heterocycles. The van der Waals surface area contributed by atoms with E-state index in [2.05, 4.69) is 74.3 Å². The van der Waals surface area contributed by atoms with Gasteiger partial charge >= 0.3 is 0 Å². The van der Waals surface area contributed by atoms with Crippen LogP contribution in [0.2, 0.25) is 0 Å². The van der Waals surface area contributed by atoms with Gasteiger partial charge in [0.15, 0.2) is 0 Å². The van der Waals surface area contributed by atoms with Crippen LogP contribution in [-0.4, -0.2) is 23.3 Å². The van der Waals surface area contributed by atoms with Gasteiger partial charge in [0.05, 0.1) is 44.9 Å². The quantitative estimate of drug-likeness (QED) is 0.275. The first kappa shape index (κ1) is 25.4. The van der Waals surface area contributed by atoms with Crippen molar-refractivity contribution in [1.82, 2.24) is 23.3 Å². The van der Waals surface area contributed by atoms with E-state index >= 15 is 0 Å². The first-order chi connectivity index (χ1) is 15.1. The van der Waals surface area contributed by atoms with Crippen LogP contribution in [-0.2, 0) is 11.8 Å². The summed E-state index contributed by atoms with van der Waals surface area (Å²) in [4.78, 5) is 7.41. The van der Waals surface area contributed by atoms with E-state index < -0.39 is 0 Å². The van der Waals surface area contributed by atoms with E-state index in [1.54, 1.807) is 11.3 Å². The fourth-order valence-electron chi connectivity index (χ4n) is 4.20. The van der Waals surface area contributed by atoms with E-state index in [0.717, 1.165) is 37.1 Å². The first-order valence-corrected chi connectivity index (χ1v) is 14.1. The minimum atomic E-state index is -0.0247. The second-order valence-corrected chi connectivity index (χ2v) is 12.5. The van der Waals surface area contributed by atoms with Gasteiger partial charge in [0.25, 0.3) is 0 Å². The topological polar surface area (TPSA) is 64.5 Å². The van der Waals surface area contributed by atoms with E-state index in [9.17, 15) is 0 Å². The third-order valence-corrected chi connectivity index (χ3v) is 9.12. The Balaban J connectivity index is 1.62. The monoisotopic (exact) mass is 491 g/mol. The Morgan fingerprint density at radius 2 is 1.53 bits per heavy atom. The van der Waals surface area contributed by atoms with Crippen LogP contribution in [0.4, 0.5) is 0 Å². The summed E-state index contributed by atoms with van der Waals surface area (Å²) >= 11 is 4.68. The zero-order valence-corrected chi connectivity index (χ0v) is 23.1. The van der Waals surface area contributed by atoms with E-state index in [1.807, 2.05) is 5.51 Å². The predicted octanol–water partition coefficient (Wildman–Crippen LogP) is 7.69. The molecule has 3 heterocycles. The molecule has 5 nitrogen and oxygen atoms in total. The van der Waals surface area contributed by atoms with Crippen molar-refractivity contribution in [2.24, 2.45) is 0 Å². The lowest BCUT2D eigenvalue weighted by molar-refractivity contribution is 0.454. The number of thiazole rings is 1. The Kier molecular flexibility index (Phi) is 8.55. The van der Waals surface area contributed by atoms with Gasteiger partial charge in [-0.2, -0.15) is 8.75 Å². The van der Waals surface area contributed by atoms with E-state index in [-0.39, 0.29) is 5.41 Å². The standard InChI is InChI=1S/C24H37N5S3/c1-14(2)21-20(25-13-30-21)17(6)10-9-16(5)19-18(27-32-28-19)11-12-24(7,8)23-22(15(3)4)31-29-26-23/h13-17H,9-12H2,1-8H3. The highest BCUT2D eigenvalue weighted by Crippen LogP contribution is 2.36. The first-order valence-electron chi connectivity index (χ1n) is 11.7. The third-order valence-electron chi connectivity index (χ3n) is 6.37. The molecule has 0 N–H and O–H groups in total. The van der Waals surface area contributed by atoms with Crippen LogP contribution >= 0.6 is 34.6 Å². The molecular weight excluding hydrogens is 455 g/mol. The molecule has 0 aromatic carbocycles. The number of rotatable bonds is 11. The van der Waals surface area contributed by atoms with Crippen LogP contribution in [0, 0.1) is 0 Å². The van der Waals surface area contributed by atoms with Crippen LogP contribution in [0.25, 0.3) is 0 Å². The zero-order valence-electron chi connectivity index (χ0n) is 20.7. The summed E-state index contributed by atoms with van der Waals surface area (Å²) in [5, 5.41) is 4.49. The lowest BCUT2D eigenvalue weighted by Crippen LogP contribution is -2.21. The molecule has 3 rings (SSSR count). The van der Waals surface area contributed by atoms with Crippen LogP contribution in [0.1, 0.15) is 131 Å². The van der Waals surface area contributed by atoms with Gasteiger partial charge in [-0.3, -0.25) is 0 Å². The fourth-order valence-corrected chi connectivity index (χ4v) is 6.64. The maximum atomic E-state index is 4.70. The SMILES string of the molecule is CC(C)c1scnc1C(C)CCC(C)c1nsnc1CCC(C)(C)c1nnsc1C(C)C. The Bertz CT molecular complexity index is 985. The van der Waals surface area contributed by atoms with Crippen molar-refractivity contribution < 1.29 is 0 Å².